The number of nitrogens with one attached hydrogen (secondary N) is 1. The van der Waals surface area contributed by atoms with Gasteiger partial charge >= 0.3 is 0 Å². The molecule has 1 aromatic heterocycles. The first kappa shape index (κ1) is 14.7. The van der Waals surface area contributed by atoms with Crippen molar-refractivity contribution >= 4 is 34.0 Å². The number of hydrogen-bond acceptors (Lipinski definition) is 4. The molecule has 1 aromatic carbocycles. The van der Waals surface area contributed by atoms with Gasteiger partial charge in [-0.2, -0.15) is 0 Å². The third-order valence-electron chi connectivity index (χ3n) is 3.72. The van der Waals surface area contributed by atoms with Crippen LogP contribution in [0.2, 0.25) is 0 Å². The lowest BCUT2D eigenvalue weighted by Crippen LogP contribution is -2.31. The number of anilines is 2. The summed E-state index contributed by atoms with van der Waals surface area (Å²) in [7, 11) is 1.79. The molecule has 6 heteroatoms. The molecule has 2 heterocycles. The Morgan fingerprint density at radius 3 is 2.95 bits per heavy atom. The maximum Gasteiger partial charge on any atom is 0.230 e. The average molecular weight is 315 g/mol. The Morgan fingerprint density at radius 2 is 2.23 bits per heavy atom. The van der Waals surface area contributed by atoms with E-state index in [0.29, 0.717) is 18.0 Å². The molecule has 0 aliphatic carbocycles. The molecule has 0 bridgehead atoms. The van der Waals surface area contributed by atoms with Gasteiger partial charge in [-0.3, -0.25) is 9.59 Å². The number of amides is 2. The van der Waals surface area contributed by atoms with Crippen LogP contribution in [0.4, 0.5) is 10.8 Å². The van der Waals surface area contributed by atoms with Crippen LogP contribution in [0.15, 0.2) is 23.6 Å². The number of carbonyl (C=O) groups is 2. The van der Waals surface area contributed by atoms with E-state index in [0.717, 1.165) is 28.9 Å². The minimum Gasteiger partial charge on any atom is -0.315 e. The van der Waals surface area contributed by atoms with E-state index in [1.807, 2.05) is 30.5 Å². The number of hydrogen-bond donors (Lipinski definition) is 1. The predicted octanol–water partition coefficient (Wildman–Crippen LogP) is 2.54. The van der Waals surface area contributed by atoms with E-state index >= 15 is 0 Å². The first-order valence-corrected chi connectivity index (χ1v) is 8.01. The Balaban J connectivity index is 1.71. The molecule has 0 spiro atoms. The first-order valence-electron chi connectivity index (χ1n) is 7.13. The summed E-state index contributed by atoms with van der Waals surface area (Å²) in [6.07, 6.45) is 1.57. The standard InChI is InChI=1S/C16H17N3O2S/c1-10-9-22-16(17-10)18-14(20)8-11-3-5-13-12(7-11)4-6-15(21)19(13)2/h3,5,7,9H,4,6,8H2,1-2H3,(H,17,18,20). The second-order valence-corrected chi connectivity index (χ2v) is 6.29. The number of benzene rings is 1. The van der Waals surface area contributed by atoms with Crippen LogP contribution in [0.25, 0.3) is 0 Å². The zero-order valence-electron chi connectivity index (χ0n) is 12.5. The smallest absolute Gasteiger partial charge is 0.230 e. The van der Waals surface area contributed by atoms with Crippen molar-refractivity contribution in [2.75, 3.05) is 17.3 Å². The van der Waals surface area contributed by atoms with Crippen LogP contribution in [0, 0.1) is 6.92 Å². The fourth-order valence-corrected chi connectivity index (χ4v) is 3.28. The molecule has 0 saturated carbocycles. The van der Waals surface area contributed by atoms with Crippen molar-refractivity contribution < 1.29 is 9.59 Å². The van der Waals surface area contributed by atoms with E-state index in [1.165, 1.54) is 11.3 Å². The normalized spacial score (nSPS) is 13.9. The summed E-state index contributed by atoms with van der Waals surface area (Å²) in [4.78, 5) is 29.7. The van der Waals surface area contributed by atoms with Crippen LogP contribution in [0.1, 0.15) is 23.2 Å². The van der Waals surface area contributed by atoms with Crippen molar-refractivity contribution in [3.63, 3.8) is 0 Å². The molecule has 114 valence electrons. The van der Waals surface area contributed by atoms with Gasteiger partial charge in [0.1, 0.15) is 0 Å². The maximum atomic E-state index is 12.1. The quantitative estimate of drug-likeness (QED) is 0.947. The van der Waals surface area contributed by atoms with Crippen LogP contribution >= 0.6 is 11.3 Å². The number of aryl methyl sites for hydroxylation is 2. The van der Waals surface area contributed by atoms with Gasteiger partial charge in [-0.1, -0.05) is 12.1 Å². The Morgan fingerprint density at radius 1 is 1.41 bits per heavy atom. The van der Waals surface area contributed by atoms with Gasteiger partial charge in [-0.25, -0.2) is 4.98 Å². The van der Waals surface area contributed by atoms with E-state index in [9.17, 15) is 9.59 Å². The van der Waals surface area contributed by atoms with Gasteiger partial charge < -0.3 is 10.2 Å². The number of nitrogens with zero attached hydrogens (tertiary/aromatic N) is 2. The minimum atomic E-state index is -0.0745. The molecule has 2 aromatic rings. The van der Waals surface area contributed by atoms with Crippen LogP contribution in [0.5, 0.6) is 0 Å². The fourth-order valence-electron chi connectivity index (χ4n) is 2.58. The number of carbonyl (C=O) groups excluding carboxylic acids is 2. The van der Waals surface area contributed by atoms with E-state index in [1.54, 1.807) is 11.9 Å². The van der Waals surface area contributed by atoms with Gasteiger partial charge in [-0.05, 0) is 30.5 Å². The lowest BCUT2D eigenvalue weighted by atomic mass is 9.98. The minimum absolute atomic E-state index is 0.0745. The van der Waals surface area contributed by atoms with Crippen LogP contribution in [-0.2, 0) is 22.4 Å². The molecule has 5 nitrogen and oxygen atoms in total. The zero-order valence-corrected chi connectivity index (χ0v) is 13.4. The second-order valence-electron chi connectivity index (χ2n) is 5.43. The molecule has 0 unspecified atom stereocenters. The molecule has 2 amide bonds. The molecule has 3 rings (SSSR count). The SMILES string of the molecule is Cc1csc(NC(=O)Cc2ccc3c(c2)CCC(=O)N3C)n1. The van der Waals surface area contributed by atoms with Crippen molar-refractivity contribution in [1.82, 2.24) is 4.98 Å². The summed E-state index contributed by atoms with van der Waals surface area (Å²) in [5.41, 5.74) is 3.92. The molecule has 0 radical (unpaired) electrons. The number of aromatic nitrogens is 1. The molecule has 0 atom stereocenters. The summed E-state index contributed by atoms with van der Waals surface area (Å²) >= 11 is 1.42. The third-order valence-corrected chi connectivity index (χ3v) is 4.59. The lowest BCUT2D eigenvalue weighted by Gasteiger charge is -2.26. The monoisotopic (exact) mass is 315 g/mol. The van der Waals surface area contributed by atoms with Crippen molar-refractivity contribution in [2.45, 2.75) is 26.2 Å². The summed E-state index contributed by atoms with van der Waals surface area (Å²) in [6.45, 7) is 1.90. The lowest BCUT2D eigenvalue weighted by molar-refractivity contribution is -0.118. The summed E-state index contributed by atoms with van der Waals surface area (Å²) in [6, 6.07) is 5.84. The molecule has 1 aliphatic heterocycles. The highest BCUT2D eigenvalue weighted by Gasteiger charge is 2.21. The average Bonchev–Trinajstić information content (AvgIpc) is 2.88. The molecule has 1 aliphatic rings. The van der Waals surface area contributed by atoms with E-state index < -0.39 is 0 Å². The summed E-state index contributed by atoms with van der Waals surface area (Å²) in [5.74, 6) is 0.0617. The highest BCUT2D eigenvalue weighted by molar-refractivity contribution is 7.13. The Kier molecular flexibility index (Phi) is 3.94. The van der Waals surface area contributed by atoms with Crippen LogP contribution in [-0.4, -0.2) is 23.8 Å². The number of thiazole rings is 1. The maximum absolute atomic E-state index is 12.1. The third kappa shape index (κ3) is 3.01. The van der Waals surface area contributed by atoms with Crippen molar-refractivity contribution in [1.29, 1.82) is 0 Å². The van der Waals surface area contributed by atoms with Gasteiger partial charge in [0.25, 0.3) is 0 Å². The largest absolute Gasteiger partial charge is 0.315 e. The van der Waals surface area contributed by atoms with E-state index in [4.69, 9.17) is 0 Å². The van der Waals surface area contributed by atoms with E-state index in [2.05, 4.69) is 10.3 Å². The zero-order chi connectivity index (χ0) is 15.7. The van der Waals surface area contributed by atoms with Crippen molar-refractivity contribution in [2.24, 2.45) is 0 Å². The molecule has 1 N–H and O–H groups in total. The molecular weight excluding hydrogens is 298 g/mol. The summed E-state index contributed by atoms with van der Waals surface area (Å²) in [5, 5.41) is 5.35. The second kappa shape index (κ2) is 5.88. The van der Waals surface area contributed by atoms with Gasteiger partial charge in [0.05, 0.1) is 12.1 Å². The predicted molar refractivity (Wildman–Crippen MR) is 87.4 cm³/mol. The topological polar surface area (TPSA) is 62.3 Å². The van der Waals surface area contributed by atoms with Crippen LogP contribution in [0.3, 0.4) is 0 Å². The van der Waals surface area contributed by atoms with Gasteiger partial charge in [-0.15, -0.1) is 11.3 Å². The van der Waals surface area contributed by atoms with Gasteiger partial charge in [0.2, 0.25) is 11.8 Å². The summed E-state index contributed by atoms with van der Waals surface area (Å²) < 4.78 is 0. The van der Waals surface area contributed by atoms with E-state index in [-0.39, 0.29) is 11.8 Å². The number of fused-ring (bicyclic) bond motifs is 1. The molecular formula is C16H17N3O2S. The number of rotatable bonds is 3. The first-order chi connectivity index (χ1) is 10.5. The molecule has 0 saturated heterocycles. The highest BCUT2D eigenvalue weighted by atomic mass is 32.1. The van der Waals surface area contributed by atoms with Crippen molar-refractivity contribution in [3.05, 3.63) is 40.4 Å². The Labute approximate surface area is 133 Å². The molecule has 22 heavy (non-hydrogen) atoms. The van der Waals surface area contributed by atoms with Crippen molar-refractivity contribution in [3.8, 4) is 0 Å². The van der Waals surface area contributed by atoms with Crippen LogP contribution < -0.4 is 10.2 Å². The van der Waals surface area contributed by atoms with Gasteiger partial charge in [0.15, 0.2) is 5.13 Å². The highest BCUT2D eigenvalue weighted by Crippen LogP contribution is 2.27. The Bertz CT molecular complexity index is 739. The molecule has 0 fully saturated rings. The Hall–Kier alpha value is -2.21. The fraction of sp³-hybridized carbons (Fsp3) is 0.312. The van der Waals surface area contributed by atoms with Gasteiger partial charge in [0, 0.05) is 24.5 Å².